The van der Waals surface area contributed by atoms with Crippen LogP contribution in [0.5, 0.6) is 0 Å². The highest BCUT2D eigenvalue weighted by Crippen LogP contribution is 2.37. The van der Waals surface area contributed by atoms with E-state index in [-0.39, 0.29) is 11.8 Å². The number of benzene rings is 2. The SMILES string of the molecule is Cc1ccc(N2C(=O)[C@@H](c3ccccc3)[C@@H](N3CCSCC3)C2=O)cc1. The Kier molecular flexibility index (Phi) is 4.83. The molecule has 4 rings (SSSR count). The van der Waals surface area contributed by atoms with E-state index in [0.717, 1.165) is 35.7 Å². The summed E-state index contributed by atoms with van der Waals surface area (Å²) in [4.78, 5) is 30.3. The Bertz CT molecular complexity index is 801. The molecule has 2 atom stereocenters. The zero-order chi connectivity index (χ0) is 18.1. The van der Waals surface area contributed by atoms with Gasteiger partial charge in [-0.1, -0.05) is 48.0 Å². The molecule has 2 aliphatic heterocycles. The second kappa shape index (κ2) is 7.25. The van der Waals surface area contributed by atoms with Crippen molar-refractivity contribution in [3.05, 3.63) is 65.7 Å². The fourth-order valence-corrected chi connectivity index (χ4v) is 4.75. The van der Waals surface area contributed by atoms with Crippen molar-refractivity contribution in [2.45, 2.75) is 18.9 Å². The zero-order valence-corrected chi connectivity index (χ0v) is 15.6. The Morgan fingerprint density at radius 1 is 0.885 bits per heavy atom. The number of hydrogen-bond donors (Lipinski definition) is 0. The van der Waals surface area contributed by atoms with Gasteiger partial charge in [0.1, 0.15) is 6.04 Å². The lowest BCUT2D eigenvalue weighted by Gasteiger charge is -2.33. The largest absolute Gasteiger partial charge is 0.289 e. The fraction of sp³-hybridized carbons (Fsp3) is 0.333. The average Bonchev–Trinajstić information content (AvgIpc) is 2.94. The Morgan fingerprint density at radius 3 is 2.19 bits per heavy atom. The molecule has 2 fully saturated rings. The van der Waals surface area contributed by atoms with Crippen LogP contribution in [0.15, 0.2) is 54.6 Å². The summed E-state index contributed by atoms with van der Waals surface area (Å²) in [6.07, 6.45) is 0. The molecule has 0 radical (unpaired) electrons. The minimum absolute atomic E-state index is 0.0976. The van der Waals surface area contributed by atoms with Crippen LogP contribution in [0, 0.1) is 6.92 Å². The third kappa shape index (κ3) is 3.06. The number of carbonyl (C=O) groups excluding carboxylic acids is 2. The van der Waals surface area contributed by atoms with E-state index in [1.165, 1.54) is 4.90 Å². The quantitative estimate of drug-likeness (QED) is 0.783. The topological polar surface area (TPSA) is 40.6 Å². The molecule has 0 bridgehead atoms. The lowest BCUT2D eigenvalue weighted by atomic mass is 9.92. The number of nitrogens with zero attached hydrogens (tertiary/aromatic N) is 2. The first-order valence-electron chi connectivity index (χ1n) is 8.98. The van der Waals surface area contributed by atoms with Crippen LogP contribution in [-0.2, 0) is 9.59 Å². The second-order valence-corrected chi connectivity index (χ2v) is 8.05. The summed E-state index contributed by atoms with van der Waals surface area (Å²) < 4.78 is 0. The molecule has 0 aliphatic carbocycles. The standard InChI is InChI=1S/C21H22N2O2S/c1-15-7-9-17(10-8-15)23-20(24)18(16-5-3-2-4-6-16)19(21(23)25)22-11-13-26-14-12-22/h2-10,18-19H,11-14H2,1H3/t18-,19+/m0/s1. The van der Waals surface area contributed by atoms with Gasteiger partial charge in [0.2, 0.25) is 5.91 Å². The van der Waals surface area contributed by atoms with Crippen molar-refractivity contribution >= 4 is 29.3 Å². The van der Waals surface area contributed by atoms with Gasteiger partial charge >= 0.3 is 0 Å². The predicted octanol–water partition coefficient (Wildman–Crippen LogP) is 3.07. The van der Waals surface area contributed by atoms with Crippen molar-refractivity contribution in [1.29, 1.82) is 0 Å². The van der Waals surface area contributed by atoms with Crippen LogP contribution >= 0.6 is 11.8 Å². The molecule has 0 unspecified atom stereocenters. The highest BCUT2D eigenvalue weighted by atomic mass is 32.2. The average molecular weight is 366 g/mol. The van der Waals surface area contributed by atoms with Gasteiger partial charge in [0.25, 0.3) is 5.91 Å². The van der Waals surface area contributed by atoms with E-state index in [0.29, 0.717) is 5.69 Å². The molecule has 134 valence electrons. The van der Waals surface area contributed by atoms with Gasteiger partial charge in [-0.2, -0.15) is 11.8 Å². The smallest absolute Gasteiger partial charge is 0.252 e. The Morgan fingerprint density at radius 2 is 1.54 bits per heavy atom. The molecule has 0 spiro atoms. The van der Waals surface area contributed by atoms with Crippen molar-refractivity contribution in [3.63, 3.8) is 0 Å². The Hall–Kier alpha value is -2.11. The van der Waals surface area contributed by atoms with E-state index < -0.39 is 12.0 Å². The van der Waals surface area contributed by atoms with Crippen LogP contribution < -0.4 is 4.90 Å². The maximum Gasteiger partial charge on any atom is 0.252 e. The van der Waals surface area contributed by atoms with E-state index in [1.807, 2.05) is 73.3 Å². The monoisotopic (exact) mass is 366 g/mol. The molecule has 5 heteroatoms. The normalized spacial score (nSPS) is 24.3. The Labute approximate surface area is 158 Å². The molecule has 0 aromatic heterocycles. The third-order valence-corrected chi connectivity index (χ3v) is 6.11. The number of rotatable bonds is 3. The number of anilines is 1. The van der Waals surface area contributed by atoms with E-state index in [1.54, 1.807) is 0 Å². The first-order valence-corrected chi connectivity index (χ1v) is 10.1. The van der Waals surface area contributed by atoms with Crippen molar-refractivity contribution in [1.82, 2.24) is 4.90 Å². The maximum atomic E-state index is 13.3. The van der Waals surface area contributed by atoms with Crippen molar-refractivity contribution in [2.75, 3.05) is 29.5 Å². The van der Waals surface area contributed by atoms with Gasteiger partial charge in [-0.05, 0) is 24.6 Å². The van der Waals surface area contributed by atoms with E-state index in [4.69, 9.17) is 0 Å². The van der Waals surface area contributed by atoms with Gasteiger partial charge in [-0.3, -0.25) is 14.5 Å². The summed E-state index contributed by atoms with van der Waals surface area (Å²) in [6, 6.07) is 16.9. The molecule has 2 aromatic carbocycles. The lowest BCUT2D eigenvalue weighted by molar-refractivity contribution is -0.122. The molecule has 26 heavy (non-hydrogen) atoms. The highest BCUT2D eigenvalue weighted by molar-refractivity contribution is 7.99. The molecule has 2 aliphatic rings. The number of aryl methyl sites for hydroxylation is 1. The molecule has 4 nitrogen and oxygen atoms in total. The summed E-state index contributed by atoms with van der Waals surface area (Å²) in [5, 5.41) is 0. The molecule has 2 aromatic rings. The van der Waals surface area contributed by atoms with Crippen LogP contribution in [0.2, 0.25) is 0 Å². The van der Waals surface area contributed by atoms with Gasteiger partial charge in [0.15, 0.2) is 0 Å². The molecular weight excluding hydrogens is 344 g/mol. The minimum Gasteiger partial charge on any atom is -0.289 e. The first-order chi connectivity index (χ1) is 12.7. The molecule has 2 saturated heterocycles. The first kappa shape index (κ1) is 17.3. The second-order valence-electron chi connectivity index (χ2n) is 6.83. The fourth-order valence-electron chi connectivity index (χ4n) is 3.81. The van der Waals surface area contributed by atoms with Gasteiger partial charge < -0.3 is 0 Å². The van der Waals surface area contributed by atoms with Crippen molar-refractivity contribution in [3.8, 4) is 0 Å². The third-order valence-electron chi connectivity index (χ3n) is 5.17. The molecular formula is C21H22N2O2S. The van der Waals surface area contributed by atoms with Gasteiger partial charge in [0.05, 0.1) is 11.6 Å². The van der Waals surface area contributed by atoms with Gasteiger partial charge in [0, 0.05) is 24.6 Å². The summed E-state index contributed by atoms with van der Waals surface area (Å²) in [5.74, 6) is 1.36. The minimum atomic E-state index is -0.437. The predicted molar refractivity (Wildman–Crippen MR) is 106 cm³/mol. The summed E-state index contributed by atoms with van der Waals surface area (Å²) in [5.41, 5.74) is 2.70. The van der Waals surface area contributed by atoms with E-state index >= 15 is 0 Å². The zero-order valence-electron chi connectivity index (χ0n) is 14.8. The number of carbonyl (C=O) groups is 2. The number of thioether (sulfide) groups is 1. The Balaban J connectivity index is 1.75. The molecule has 0 saturated carbocycles. The maximum absolute atomic E-state index is 13.3. The number of imide groups is 1. The highest BCUT2D eigenvalue weighted by Gasteiger charge is 2.51. The molecule has 2 heterocycles. The van der Waals surface area contributed by atoms with Crippen molar-refractivity contribution < 1.29 is 9.59 Å². The summed E-state index contributed by atoms with van der Waals surface area (Å²) in [7, 11) is 0. The van der Waals surface area contributed by atoms with Crippen LogP contribution in [0.1, 0.15) is 17.0 Å². The van der Waals surface area contributed by atoms with Crippen LogP contribution in [0.3, 0.4) is 0 Å². The summed E-state index contributed by atoms with van der Waals surface area (Å²) in [6.45, 7) is 3.69. The van der Waals surface area contributed by atoms with Gasteiger partial charge in [-0.25, -0.2) is 4.90 Å². The van der Waals surface area contributed by atoms with Crippen molar-refractivity contribution in [2.24, 2.45) is 0 Å². The van der Waals surface area contributed by atoms with Crippen LogP contribution in [-0.4, -0.2) is 47.4 Å². The van der Waals surface area contributed by atoms with Crippen LogP contribution in [0.25, 0.3) is 0 Å². The van der Waals surface area contributed by atoms with E-state index in [2.05, 4.69) is 4.90 Å². The van der Waals surface area contributed by atoms with Crippen LogP contribution in [0.4, 0.5) is 5.69 Å². The summed E-state index contributed by atoms with van der Waals surface area (Å²) >= 11 is 1.90. The van der Waals surface area contributed by atoms with E-state index in [9.17, 15) is 9.59 Å². The molecule has 0 N–H and O–H groups in total. The number of hydrogen-bond acceptors (Lipinski definition) is 4. The number of amides is 2. The molecule has 2 amide bonds. The lowest BCUT2D eigenvalue weighted by Crippen LogP contribution is -2.47. The van der Waals surface area contributed by atoms with Gasteiger partial charge in [-0.15, -0.1) is 0 Å².